The Morgan fingerprint density at radius 2 is 1.95 bits per heavy atom. The summed E-state index contributed by atoms with van der Waals surface area (Å²) in [6, 6.07) is 7.64. The minimum absolute atomic E-state index is 0.147. The number of ether oxygens (including phenoxy) is 2. The van der Waals surface area contributed by atoms with Gasteiger partial charge in [0, 0.05) is 33.2 Å². The van der Waals surface area contributed by atoms with Gasteiger partial charge < -0.3 is 14.4 Å². The van der Waals surface area contributed by atoms with E-state index in [0.29, 0.717) is 6.42 Å². The number of likely N-dealkylation sites (N-methyl/N-ethyl adjacent to an activating group) is 1. The Morgan fingerprint density at radius 1 is 1.29 bits per heavy atom. The smallest absolute Gasteiger partial charge is 0.226 e. The van der Waals surface area contributed by atoms with Crippen LogP contribution in [-0.4, -0.2) is 69.3 Å². The summed E-state index contributed by atoms with van der Waals surface area (Å²) in [7, 11) is 3.51. The maximum Gasteiger partial charge on any atom is 0.226 e. The van der Waals surface area contributed by atoms with Gasteiger partial charge in [-0.05, 0) is 17.7 Å². The average molecular weight is 292 g/mol. The normalized spacial score (nSPS) is 15.7. The highest BCUT2D eigenvalue weighted by Gasteiger charge is 2.14. The van der Waals surface area contributed by atoms with Gasteiger partial charge in [-0.1, -0.05) is 12.1 Å². The Balaban J connectivity index is 1.75. The summed E-state index contributed by atoms with van der Waals surface area (Å²) in [5, 5.41) is 0. The predicted octanol–water partition coefficient (Wildman–Crippen LogP) is 1.03. The molecule has 1 fully saturated rings. The van der Waals surface area contributed by atoms with Gasteiger partial charge in [-0.15, -0.1) is 0 Å². The molecular weight excluding hydrogens is 268 g/mol. The summed E-state index contributed by atoms with van der Waals surface area (Å²) in [5.74, 6) is 0.959. The Kier molecular flexibility index (Phi) is 6.02. The number of benzene rings is 1. The van der Waals surface area contributed by atoms with Gasteiger partial charge in [-0.3, -0.25) is 9.69 Å². The summed E-state index contributed by atoms with van der Waals surface area (Å²) in [6.07, 6.45) is 0.434. The van der Waals surface area contributed by atoms with Crippen molar-refractivity contribution in [2.24, 2.45) is 0 Å². The quantitative estimate of drug-likeness (QED) is 0.785. The summed E-state index contributed by atoms with van der Waals surface area (Å²) in [4.78, 5) is 16.3. The number of methoxy groups -OCH3 is 1. The third-order valence-electron chi connectivity index (χ3n) is 3.80. The van der Waals surface area contributed by atoms with Gasteiger partial charge in [0.25, 0.3) is 0 Å². The van der Waals surface area contributed by atoms with Gasteiger partial charge in [0.15, 0.2) is 0 Å². The van der Waals surface area contributed by atoms with Crippen LogP contribution in [0.15, 0.2) is 24.3 Å². The van der Waals surface area contributed by atoms with Crippen molar-refractivity contribution in [2.45, 2.75) is 6.42 Å². The number of hydrogen-bond acceptors (Lipinski definition) is 4. The van der Waals surface area contributed by atoms with Gasteiger partial charge in [-0.25, -0.2) is 0 Å². The molecule has 0 spiro atoms. The fraction of sp³-hybridized carbons (Fsp3) is 0.562. The van der Waals surface area contributed by atoms with Gasteiger partial charge in [0.2, 0.25) is 5.91 Å². The van der Waals surface area contributed by atoms with Crippen LogP contribution in [0, 0.1) is 0 Å². The summed E-state index contributed by atoms with van der Waals surface area (Å²) >= 11 is 0. The molecule has 116 valence electrons. The van der Waals surface area contributed by atoms with Gasteiger partial charge in [0.05, 0.1) is 26.7 Å². The van der Waals surface area contributed by atoms with E-state index in [0.717, 1.165) is 50.7 Å². The monoisotopic (exact) mass is 292 g/mol. The molecule has 0 atom stereocenters. The maximum absolute atomic E-state index is 12.2. The van der Waals surface area contributed by atoms with E-state index in [9.17, 15) is 4.79 Å². The Labute approximate surface area is 126 Å². The zero-order chi connectivity index (χ0) is 15.1. The summed E-state index contributed by atoms with van der Waals surface area (Å²) in [5.41, 5.74) is 1.01. The fourth-order valence-electron chi connectivity index (χ4n) is 2.29. The number of nitrogens with zero attached hydrogens (tertiary/aromatic N) is 2. The molecule has 5 heteroatoms. The lowest BCUT2D eigenvalue weighted by Gasteiger charge is -2.28. The molecule has 0 aromatic heterocycles. The molecule has 1 aliphatic heterocycles. The van der Waals surface area contributed by atoms with Gasteiger partial charge in [-0.2, -0.15) is 0 Å². The second-order valence-electron chi connectivity index (χ2n) is 5.29. The highest BCUT2D eigenvalue weighted by atomic mass is 16.5. The van der Waals surface area contributed by atoms with Gasteiger partial charge in [0.1, 0.15) is 5.75 Å². The number of carbonyl (C=O) groups excluding carboxylic acids is 1. The van der Waals surface area contributed by atoms with Crippen LogP contribution in [0.3, 0.4) is 0 Å². The minimum Gasteiger partial charge on any atom is -0.497 e. The second-order valence-corrected chi connectivity index (χ2v) is 5.29. The maximum atomic E-state index is 12.2. The van der Waals surface area contributed by atoms with Crippen molar-refractivity contribution >= 4 is 5.91 Å². The van der Waals surface area contributed by atoms with Crippen LogP contribution >= 0.6 is 0 Å². The molecular formula is C16H24N2O3. The zero-order valence-corrected chi connectivity index (χ0v) is 12.9. The van der Waals surface area contributed by atoms with Crippen molar-refractivity contribution in [3.05, 3.63) is 29.8 Å². The molecule has 1 aliphatic rings. The first-order chi connectivity index (χ1) is 10.2. The number of hydrogen-bond donors (Lipinski definition) is 0. The van der Waals surface area contributed by atoms with Crippen LogP contribution in [0.5, 0.6) is 5.75 Å². The molecule has 0 radical (unpaired) electrons. The van der Waals surface area contributed by atoms with Crippen LogP contribution in [-0.2, 0) is 16.0 Å². The van der Waals surface area contributed by atoms with Crippen molar-refractivity contribution in [3.63, 3.8) is 0 Å². The topological polar surface area (TPSA) is 42.0 Å². The minimum atomic E-state index is 0.147. The highest BCUT2D eigenvalue weighted by molar-refractivity contribution is 5.78. The van der Waals surface area contributed by atoms with E-state index >= 15 is 0 Å². The molecule has 5 nitrogen and oxygen atoms in total. The van der Waals surface area contributed by atoms with Crippen molar-refractivity contribution in [2.75, 3.05) is 53.6 Å². The number of morpholine rings is 1. The largest absolute Gasteiger partial charge is 0.497 e. The Morgan fingerprint density at radius 3 is 2.57 bits per heavy atom. The molecule has 0 aliphatic carbocycles. The standard InChI is InChI=1S/C16H24N2O3/c1-17(7-8-18-9-11-21-12-10-18)16(19)13-14-3-5-15(20-2)6-4-14/h3-6H,7-13H2,1-2H3. The van der Waals surface area contributed by atoms with Crippen LogP contribution in [0.2, 0.25) is 0 Å². The van der Waals surface area contributed by atoms with Crippen LogP contribution < -0.4 is 4.74 Å². The molecule has 1 amide bonds. The fourth-order valence-corrected chi connectivity index (χ4v) is 2.29. The molecule has 1 aromatic rings. The number of carbonyl (C=O) groups is 1. The van der Waals surface area contributed by atoms with E-state index in [2.05, 4.69) is 4.90 Å². The molecule has 0 saturated carbocycles. The SMILES string of the molecule is COc1ccc(CC(=O)N(C)CCN2CCOCC2)cc1. The molecule has 0 unspecified atom stereocenters. The van der Waals surface area contributed by atoms with E-state index in [1.54, 1.807) is 12.0 Å². The first-order valence-corrected chi connectivity index (χ1v) is 7.36. The van der Waals surface area contributed by atoms with Crippen LogP contribution in [0.1, 0.15) is 5.56 Å². The molecule has 1 aromatic carbocycles. The molecule has 0 N–H and O–H groups in total. The third-order valence-corrected chi connectivity index (χ3v) is 3.80. The highest BCUT2D eigenvalue weighted by Crippen LogP contribution is 2.12. The Bertz CT molecular complexity index is 441. The predicted molar refractivity (Wildman–Crippen MR) is 81.6 cm³/mol. The summed E-state index contributed by atoms with van der Waals surface area (Å²) in [6.45, 7) is 5.18. The zero-order valence-electron chi connectivity index (χ0n) is 12.9. The Hall–Kier alpha value is -1.59. The van der Waals surface area contributed by atoms with Crippen molar-refractivity contribution in [3.8, 4) is 5.75 Å². The van der Waals surface area contributed by atoms with E-state index < -0.39 is 0 Å². The molecule has 1 saturated heterocycles. The lowest BCUT2D eigenvalue weighted by atomic mass is 10.1. The number of amides is 1. The van der Waals surface area contributed by atoms with Crippen molar-refractivity contribution in [1.82, 2.24) is 9.80 Å². The average Bonchev–Trinajstić information content (AvgIpc) is 2.54. The molecule has 2 rings (SSSR count). The first kappa shape index (κ1) is 15.8. The van der Waals surface area contributed by atoms with E-state index in [1.165, 1.54) is 0 Å². The molecule has 0 bridgehead atoms. The van der Waals surface area contributed by atoms with Gasteiger partial charge >= 0.3 is 0 Å². The van der Waals surface area contributed by atoms with Crippen LogP contribution in [0.4, 0.5) is 0 Å². The molecule has 1 heterocycles. The lowest BCUT2D eigenvalue weighted by Crippen LogP contribution is -2.42. The number of rotatable bonds is 6. The van der Waals surface area contributed by atoms with E-state index in [-0.39, 0.29) is 5.91 Å². The third kappa shape index (κ3) is 5.02. The molecule has 21 heavy (non-hydrogen) atoms. The van der Waals surface area contributed by atoms with E-state index in [1.807, 2.05) is 31.3 Å². The summed E-state index contributed by atoms with van der Waals surface area (Å²) < 4.78 is 10.4. The van der Waals surface area contributed by atoms with Crippen molar-refractivity contribution in [1.29, 1.82) is 0 Å². The van der Waals surface area contributed by atoms with Crippen LogP contribution in [0.25, 0.3) is 0 Å². The lowest BCUT2D eigenvalue weighted by molar-refractivity contribution is -0.129. The second kappa shape index (κ2) is 8.00. The van der Waals surface area contributed by atoms with E-state index in [4.69, 9.17) is 9.47 Å². The van der Waals surface area contributed by atoms with Crippen molar-refractivity contribution < 1.29 is 14.3 Å². The first-order valence-electron chi connectivity index (χ1n) is 7.36.